The van der Waals surface area contributed by atoms with Gasteiger partial charge in [0.2, 0.25) is 35.4 Å². The van der Waals surface area contributed by atoms with E-state index >= 15 is 0 Å². The second-order valence-electron chi connectivity index (χ2n) is 11.6. The number of nitrogens with two attached hydrogens (primary N) is 3. The van der Waals surface area contributed by atoms with Crippen molar-refractivity contribution in [3.8, 4) is 0 Å². The quantitative estimate of drug-likeness (QED) is 0.0630. The lowest BCUT2D eigenvalue weighted by Gasteiger charge is -2.27. The van der Waals surface area contributed by atoms with Crippen molar-refractivity contribution in [1.29, 1.82) is 0 Å². The standard InChI is InChI=1S/C28H54N8O7/c1-7-17(6)23(36-27(42)20(12-15(2)3)34-25(40)18(30)14-37)28(43)32-13-21(38)33-19(10-8-9-11-29)26(41)35-22(16(4)5)24(31)39/h15-20,22-23,37H,7-14,29-30H2,1-6H3,(H2,31,39)(H,32,43)(H,33,38)(H,34,40)(H,35,41)(H,36,42)/t17-,18-,19+,20+,22-,23-/m0/s1. The van der Waals surface area contributed by atoms with Crippen LogP contribution in [-0.2, 0) is 28.8 Å². The summed E-state index contributed by atoms with van der Waals surface area (Å²) in [5.41, 5.74) is 16.5. The van der Waals surface area contributed by atoms with Gasteiger partial charge in [-0.1, -0.05) is 48.0 Å². The smallest absolute Gasteiger partial charge is 0.243 e. The Kier molecular flexibility index (Phi) is 19.0. The summed E-state index contributed by atoms with van der Waals surface area (Å²) in [7, 11) is 0. The molecule has 248 valence electrons. The maximum atomic E-state index is 13.2. The third-order valence-electron chi connectivity index (χ3n) is 6.96. The Morgan fingerprint density at radius 2 is 1.35 bits per heavy atom. The second-order valence-corrected chi connectivity index (χ2v) is 11.6. The number of unbranched alkanes of at least 4 members (excludes halogenated alkanes) is 1. The molecule has 0 aliphatic carbocycles. The monoisotopic (exact) mass is 614 g/mol. The summed E-state index contributed by atoms with van der Waals surface area (Å²) in [6, 6.07) is -5.16. The lowest BCUT2D eigenvalue weighted by atomic mass is 9.96. The van der Waals surface area contributed by atoms with Crippen LogP contribution in [0.15, 0.2) is 0 Å². The van der Waals surface area contributed by atoms with Crippen molar-refractivity contribution in [3.63, 3.8) is 0 Å². The molecule has 0 spiro atoms. The van der Waals surface area contributed by atoms with Crippen molar-refractivity contribution in [1.82, 2.24) is 26.6 Å². The molecule has 0 aliphatic heterocycles. The number of rotatable bonds is 21. The molecular formula is C28H54N8O7. The Morgan fingerprint density at radius 3 is 1.84 bits per heavy atom. The van der Waals surface area contributed by atoms with E-state index in [0.29, 0.717) is 25.8 Å². The SMILES string of the molecule is CC[C@H](C)[C@H](NC(=O)[C@@H](CC(C)C)NC(=O)[C@@H](N)CO)C(=O)NCC(=O)N[C@H](CCCCN)C(=O)N[C@H](C(N)=O)C(C)C. The normalized spacial score (nSPS) is 15.4. The minimum atomic E-state index is -1.21. The summed E-state index contributed by atoms with van der Waals surface area (Å²) in [6.07, 6.45) is 2.17. The van der Waals surface area contributed by atoms with Crippen molar-refractivity contribution >= 4 is 35.4 Å². The van der Waals surface area contributed by atoms with Crippen LogP contribution in [0.5, 0.6) is 0 Å². The molecule has 43 heavy (non-hydrogen) atoms. The molecule has 15 nitrogen and oxygen atoms in total. The zero-order valence-electron chi connectivity index (χ0n) is 26.4. The number of primary amides is 1. The molecule has 0 unspecified atom stereocenters. The number of amides is 6. The Bertz CT molecular complexity index is 931. The van der Waals surface area contributed by atoms with E-state index in [9.17, 15) is 28.8 Å². The first-order chi connectivity index (χ1) is 20.1. The predicted octanol–water partition coefficient (Wildman–Crippen LogP) is -2.28. The van der Waals surface area contributed by atoms with Crippen molar-refractivity contribution in [3.05, 3.63) is 0 Å². The number of carbonyl (C=O) groups excluding carboxylic acids is 6. The molecule has 0 heterocycles. The van der Waals surface area contributed by atoms with E-state index in [1.807, 2.05) is 20.8 Å². The molecule has 0 radical (unpaired) electrons. The molecule has 0 fully saturated rings. The van der Waals surface area contributed by atoms with Gasteiger partial charge in [0.15, 0.2) is 0 Å². The molecular weight excluding hydrogens is 560 g/mol. The molecule has 6 amide bonds. The molecule has 12 N–H and O–H groups in total. The lowest BCUT2D eigenvalue weighted by Crippen LogP contribution is -2.58. The minimum Gasteiger partial charge on any atom is -0.394 e. The van der Waals surface area contributed by atoms with Gasteiger partial charge < -0.3 is 48.9 Å². The van der Waals surface area contributed by atoms with Gasteiger partial charge in [-0.15, -0.1) is 0 Å². The first-order valence-corrected chi connectivity index (χ1v) is 14.9. The van der Waals surface area contributed by atoms with Crippen LogP contribution < -0.4 is 43.8 Å². The van der Waals surface area contributed by atoms with Crippen molar-refractivity contribution in [2.45, 2.75) is 104 Å². The number of nitrogens with one attached hydrogen (secondary N) is 5. The van der Waals surface area contributed by atoms with E-state index in [1.54, 1.807) is 20.8 Å². The molecule has 0 bridgehead atoms. The van der Waals surface area contributed by atoms with E-state index in [0.717, 1.165) is 0 Å². The topological polar surface area (TPSA) is 261 Å². The Labute approximate surface area is 254 Å². The number of carbonyl (C=O) groups is 6. The zero-order valence-corrected chi connectivity index (χ0v) is 26.4. The van der Waals surface area contributed by atoms with Crippen molar-refractivity contribution in [2.75, 3.05) is 19.7 Å². The van der Waals surface area contributed by atoms with Crippen LogP contribution in [0.2, 0.25) is 0 Å². The second kappa shape index (κ2) is 20.6. The van der Waals surface area contributed by atoms with Gasteiger partial charge in [0, 0.05) is 0 Å². The van der Waals surface area contributed by atoms with E-state index < -0.39 is 78.8 Å². The van der Waals surface area contributed by atoms with Gasteiger partial charge in [0.25, 0.3) is 0 Å². The highest BCUT2D eigenvalue weighted by atomic mass is 16.3. The Hall–Kier alpha value is -3.30. The van der Waals surface area contributed by atoms with Gasteiger partial charge in [-0.25, -0.2) is 0 Å². The largest absolute Gasteiger partial charge is 0.394 e. The highest BCUT2D eigenvalue weighted by Gasteiger charge is 2.32. The molecule has 0 rings (SSSR count). The fourth-order valence-electron chi connectivity index (χ4n) is 4.12. The van der Waals surface area contributed by atoms with Gasteiger partial charge in [-0.3, -0.25) is 28.8 Å². The average molecular weight is 615 g/mol. The van der Waals surface area contributed by atoms with E-state index in [-0.39, 0.29) is 30.6 Å². The molecule has 0 aromatic carbocycles. The molecule has 0 saturated heterocycles. The molecule has 0 aromatic rings. The van der Waals surface area contributed by atoms with Gasteiger partial charge in [0.05, 0.1) is 13.2 Å². The summed E-state index contributed by atoms with van der Waals surface area (Å²) >= 11 is 0. The third-order valence-corrected chi connectivity index (χ3v) is 6.96. The first kappa shape index (κ1) is 39.7. The van der Waals surface area contributed by atoms with Gasteiger partial charge in [-0.2, -0.15) is 0 Å². The van der Waals surface area contributed by atoms with Gasteiger partial charge >= 0.3 is 0 Å². The van der Waals surface area contributed by atoms with E-state index in [4.69, 9.17) is 22.3 Å². The maximum absolute atomic E-state index is 13.2. The Morgan fingerprint density at radius 1 is 0.767 bits per heavy atom. The number of hydrogen-bond donors (Lipinski definition) is 9. The first-order valence-electron chi connectivity index (χ1n) is 14.9. The molecule has 0 aromatic heterocycles. The van der Waals surface area contributed by atoms with Crippen LogP contribution in [0.1, 0.15) is 73.6 Å². The number of aliphatic hydroxyl groups excluding tert-OH is 1. The maximum Gasteiger partial charge on any atom is 0.243 e. The third kappa shape index (κ3) is 15.1. The predicted molar refractivity (Wildman–Crippen MR) is 162 cm³/mol. The molecule has 0 saturated carbocycles. The van der Waals surface area contributed by atoms with Crippen LogP contribution in [-0.4, -0.2) is 90.5 Å². The molecule has 0 aliphatic rings. The van der Waals surface area contributed by atoms with Crippen molar-refractivity contribution in [2.24, 2.45) is 35.0 Å². The van der Waals surface area contributed by atoms with Crippen LogP contribution >= 0.6 is 0 Å². The lowest BCUT2D eigenvalue weighted by molar-refractivity contribution is -0.134. The summed E-state index contributed by atoms with van der Waals surface area (Å²) in [6.45, 7) is 10.1. The highest BCUT2D eigenvalue weighted by molar-refractivity contribution is 5.95. The summed E-state index contributed by atoms with van der Waals surface area (Å²) in [4.78, 5) is 76.0. The van der Waals surface area contributed by atoms with Crippen LogP contribution in [0.4, 0.5) is 0 Å². The zero-order chi connectivity index (χ0) is 33.3. The van der Waals surface area contributed by atoms with E-state index in [2.05, 4.69) is 26.6 Å². The highest BCUT2D eigenvalue weighted by Crippen LogP contribution is 2.11. The summed E-state index contributed by atoms with van der Waals surface area (Å²) in [5, 5.41) is 22.0. The summed E-state index contributed by atoms with van der Waals surface area (Å²) < 4.78 is 0. The number of hydrogen-bond acceptors (Lipinski definition) is 9. The van der Waals surface area contributed by atoms with Crippen LogP contribution in [0.3, 0.4) is 0 Å². The Balaban J connectivity index is 5.55. The van der Waals surface area contributed by atoms with Crippen LogP contribution in [0, 0.1) is 17.8 Å². The van der Waals surface area contributed by atoms with Crippen LogP contribution in [0.25, 0.3) is 0 Å². The molecule has 15 heteroatoms. The fraction of sp³-hybridized carbons (Fsp3) is 0.786. The van der Waals surface area contributed by atoms with E-state index in [1.165, 1.54) is 0 Å². The summed E-state index contributed by atoms with van der Waals surface area (Å²) in [5.74, 6) is -4.48. The minimum absolute atomic E-state index is 0.00904. The average Bonchev–Trinajstić information content (AvgIpc) is 2.94. The van der Waals surface area contributed by atoms with Gasteiger partial charge in [0.1, 0.15) is 30.2 Å². The fourth-order valence-corrected chi connectivity index (χ4v) is 4.12. The molecule has 6 atom stereocenters. The number of aliphatic hydroxyl groups is 1. The van der Waals surface area contributed by atoms with Crippen molar-refractivity contribution < 1.29 is 33.9 Å². The van der Waals surface area contributed by atoms with Gasteiger partial charge in [-0.05, 0) is 50.0 Å².